The van der Waals surface area contributed by atoms with Gasteiger partial charge in [-0.15, -0.1) is 0 Å². The van der Waals surface area contributed by atoms with Crippen molar-refractivity contribution in [2.45, 2.75) is 50.6 Å². The smallest absolute Gasteiger partial charge is 0.278 e. The summed E-state index contributed by atoms with van der Waals surface area (Å²) in [5.41, 5.74) is 3.03. The van der Waals surface area contributed by atoms with E-state index in [4.69, 9.17) is 0 Å². The number of fused-ring (bicyclic) bond motifs is 1. The molecule has 0 unspecified atom stereocenters. The van der Waals surface area contributed by atoms with Crippen LogP contribution in [0.3, 0.4) is 0 Å². The average Bonchev–Trinajstić information content (AvgIpc) is 3.37. The molecule has 0 bridgehead atoms. The predicted octanol–water partition coefficient (Wildman–Crippen LogP) is 3.47. The van der Waals surface area contributed by atoms with Gasteiger partial charge in [-0.1, -0.05) is 25.0 Å². The summed E-state index contributed by atoms with van der Waals surface area (Å²) in [6, 6.07) is 11.4. The summed E-state index contributed by atoms with van der Waals surface area (Å²) in [6.45, 7) is 0. The molecule has 1 aromatic carbocycles. The van der Waals surface area contributed by atoms with Gasteiger partial charge in [0.15, 0.2) is 5.65 Å². The van der Waals surface area contributed by atoms with Gasteiger partial charge >= 0.3 is 0 Å². The number of nitrogens with zero attached hydrogens (tertiary/aromatic N) is 3. The number of rotatable bonds is 4. The molecule has 6 heteroatoms. The lowest BCUT2D eigenvalue weighted by Crippen LogP contribution is -2.27. The van der Waals surface area contributed by atoms with Crippen LogP contribution >= 0.6 is 0 Å². The summed E-state index contributed by atoms with van der Waals surface area (Å²) in [7, 11) is 0. The van der Waals surface area contributed by atoms with E-state index in [0.29, 0.717) is 22.9 Å². The van der Waals surface area contributed by atoms with Gasteiger partial charge in [0.05, 0.1) is 0 Å². The number of benzene rings is 1. The SMILES string of the molecule is O=C(NC1CC1)c1ccc(-c2nc3cccnc3n(C3CCCC3)c2=O)cc1. The molecule has 2 aromatic heterocycles. The Morgan fingerprint density at radius 2 is 1.79 bits per heavy atom. The molecular formula is C22H22N4O2. The lowest BCUT2D eigenvalue weighted by atomic mass is 10.1. The molecule has 2 saturated carbocycles. The molecule has 2 aliphatic rings. The van der Waals surface area contributed by atoms with Gasteiger partial charge in [-0.25, -0.2) is 9.97 Å². The van der Waals surface area contributed by atoms with E-state index < -0.39 is 0 Å². The van der Waals surface area contributed by atoms with Crippen LogP contribution in [0.5, 0.6) is 0 Å². The van der Waals surface area contributed by atoms with Gasteiger partial charge < -0.3 is 5.32 Å². The molecule has 0 atom stereocenters. The van der Waals surface area contributed by atoms with Crippen molar-refractivity contribution < 1.29 is 4.79 Å². The molecule has 2 heterocycles. The Morgan fingerprint density at radius 1 is 1.04 bits per heavy atom. The van der Waals surface area contributed by atoms with Crippen molar-refractivity contribution in [2.75, 3.05) is 0 Å². The second kappa shape index (κ2) is 6.86. The molecule has 0 saturated heterocycles. The van der Waals surface area contributed by atoms with Gasteiger partial charge in [0.25, 0.3) is 11.5 Å². The zero-order valence-electron chi connectivity index (χ0n) is 15.6. The van der Waals surface area contributed by atoms with Crippen molar-refractivity contribution in [3.8, 4) is 11.3 Å². The second-order valence-electron chi connectivity index (χ2n) is 7.75. The van der Waals surface area contributed by atoms with Gasteiger partial charge in [-0.3, -0.25) is 14.2 Å². The third kappa shape index (κ3) is 3.09. The van der Waals surface area contributed by atoms with E-state index in [1.54, 1.807) is 18.3 Å². The Bertz CT molecular complexity index is 1090. The zero-order valence-corrected chi connectivity index (χ0v) is 15.6. The third-order valence-corrected chi connectivity index (χ3v) is 5.67. The standard InChI is InChI=1S/C22H22N4O2/c27-21(24-16-11-12-16)15-9-7-14(8-10-15)19-22(28)26(17-4-1-2-5-17)20-18(25-19)6-3-13-23-20/h3,6-10,13,16-17H,1-2,4-5,11-12H2,(H,24,27). The summed E-state index contributed by atoms with van der Waals surface area (Å²) in [6.07, 6.45) is 8.08. The first-order valence-electron chi connectivity index (χ1n) is 9.99. The average molecular weight is 374 g/mol. The first-order chi connectivity index (χ1) is 13.7. The molecule has 2 aliphatic carbocycles. The molecule has 28 heavy (non-hydrogen) atoms. The molecule has 2 fully saturated rings. The van der Waals surface area contributed by atoms with Crippen LogP contribution in [0.1, 0.15) is 54.9 Å². The van der Waals surface area contributed by atoms with Crippen LogP contribution < -0.4 is 10.9 Å². The molecule has 6 nitrogen and oxygen atoms in total. The number of pyridine rings is 1. The van der Waals surface area contributed by atoms with Crippen LogP contribution in [0, 0.1) is 0 Å². The van der Waals surface area contributed by atoms with Gasteiger partial charge in [0.2, 0.25) is 0 Å². The van der Waals surface area contributed by atoms with Crippen molar-refractivity contribution in [3.05, 3.63) is 58.5 Å². The summed E-state index contributed by atoms with van der Waals surface area (Å²) in [4.78, 5) is 34.6. The molecule has 1 N–H and O–H groups in total. The number of carbonyl (C=O) groups is 1. The number of amides is 1. The lowest BCUT2D eigenvalue weighted by Gasteiger charge is -2.17. The van der Waals surface area contributed by atoms with Crippen LogP contribution in [0.25, 0.3) is 22.4 Å². The molecule has 5 rings (SSSR count). The second-order valence-corrected chi connectivity index (χ2v) is 7.75. The van der Waals surface area contributed by atoms with Crippen molar-refractivity contribution >= 4 is 17.1 Å². The molecule has 3 aromatic rings. The minimum absolute atomic E-state index is 0.0620. The van der Waals surface area contributed by atoms with Gasteiger partial charge in [-0.05, 0) is 49.9 Å². The number of hydrogen-bond acceptors (Lipinski definition) is 4. The third-order valence-electron chi connectivity index (χ3n) is 5.67. The van der Waals surface area contributed by atoms with Crippen LogP contribution in [-0.2, 0) is 0 Å². The monoisotopic (exact) mass is 374 g/mol. The van der Waals surface area contributed by atoms with E-state index in [1.165, 1.54) is 0 Å². The summed E-state index contributed by atoms with van der Waals surface area (Å²) in [5, 5.41) is 2.98. The normalized spacial score (nSPS) is 17.1. The highest BCUT2D eigenvalue weighted by molar-refractivity contribution is 5.95. The number of nitrogens with one attached hydrogen (secondary N) is 1. The van der Waals surface area contributed by atoms with Crippen LogP contribution in [0.15, 0.2) is 47.4 Å². The highest BCUT2D eigenvalue weighted by atomic mass is 16.1. The topological polar surface area (TPSA) is 76.9 Å². The summed E-state index contributed by atoms with van der Waals surface area (Å²) < 4.78 is 1.83. The van der Waals surface area contributed by atoms with Crippen LogP contribution in [-0.4, -0.2) is 26.5 Å². The van der Waals surface area contributed by atoms with Crippen molar-refractivity contribution in [1.82, 2.24) is 19.9 Å². The Morgan fingerprint density at radius 3 is 2.50 bits per heavy atom. The number of aromatic nitrogens is 3. The summed E-state index contributed by atoms with van der Waals surface area (Å²) in [5.74, 6) is -0.0620. The van der Waals surface area contributed by atoms with Gasteiger partial charge in [0.1, 0.15) is 11.2 Å². The highest BCUT2D eigenvalue weighted by Crippen LogP contribution is 2.31. The van der Waals surface area contributed by atoms with Crippen molar-refractivity contribution in [3.63, 3.8) is 0 Å². The molecule has 0 aliphatic heterocycles. The predicted molar refractivity (Wildman–Crippen MR) is 107 cm³/mol. The van der Waals surface area contributed by atoms with Crippen molar-refractivity contribution in [1.29, 1.82) is 0 Å². The Labute approximate surface area is 162 Å². The highest BCUT2D eigenvalue weighted by Gasteiger charge is 2.25. The van der Waals surface area contributed by atoms with E-state index in [2.05, 4.69) is 15.3 Å². The van der Waals surface area contributed by atoms with E-state index in [0.717, 1.165) is 49.6 Å². The Kier molecular flexibility index (Phi) is 4.19. The minimum atomic E-state index is -0.103. The minimum Gasteiger partial charge on any atom is -0.349 e. The Hall–Kier alpha value is -3.02. The zero-order chi connectivity index (χ0) is 19.1. The Balaban J connectivity index is 1.57. The van der Waals surface area contributed by atoms with E-state index in [9.17, 15) is 9.59 Å². The first kappa shape index (κ1) is 17.1. The maximum atomic E-state index is 13.3. The lowest BCUT2D eigenvalue weighted by molar-refractivity contribution is 0.0951. The van der Waals surface area contributed by atoms with Gasteiger partial charge in [-0.2, -0.15) is 0 Å². The molecule has 1 amide bonds. The van der Waals surface area contributed by atoms with E-state index in [1.807, 2.05) is 28.8 Å². The molecule has 142 valence electrons. The molecular weight excluding hydrogens is 352 g/mol. The molecule has 0 spiro atoms. The quantitative estimate of drug-likeness (QED) is 0.759. The van der Waals surface area contributed by atoms with Crippen LogP contribution in [0.2, 0.25) is 0 Å². The van der Waals surface area contributed by atoms with E-state index >= 15 is 0 Å². The maximum Gasteiger partial charge on any atom is 0.278 e. The molecule has 0 radical (unpaired) electrons. The fraction of sp³-hybridized carbons (Fsp3) is 0.364. The first-order valence-corrected chi connectivity index (χ1v) is 9.99. The van der Waals surface area contributed by atoms with E-state index in [-0.39, 0.29) is 17.5 Å². The summed E-state index contributed by atoms with van der Waals surface area (Å²) >= 11 is 0. The maximum absolute atomic E-state index is 13.3. The van der Waals surface area contributed by atoms with Crippen LogP contribution in [0.4, 0.5) is 0 Å². The van der Waals surface area contributed by atoms with Crippen molar-refractivity contribution in [2.24, 2.45) is 0 Å². The van der Waals surface area contributed by atoms with Gasteiger partial charge in [0, 0.05) is 29.4 Å². The number of hydrogen-bond donors (Lipinski definition) is 1. The largest absolute Gasteiger partial charge is 0.349 e. The fourth-order valence-corrected chi connectivity index (χ4v) is 4.01. The fourth-order valence-electron chi connectivity index (χ4n) is 4.01. The number of carbonyl (C=O) groups excluding carboxylic acids is 1.